The Morgan fingerprint density at radius 1 is 1.00 bits per heavy atom. The van der Waals surface area contributed by atoms with Gasteiger partial charge in [0.25, 0.3) is 0 Å². The van der Waals surface area contributed by atoms with Crippen LogP contribution in [0.4, 0.5) is 13.2 Å². The van der Waals surface area contributed by atoms with Gasteiger partial charge in [0.15, 0.2) is 5.78 Å². The Morgan fingerprint density at radius 2 is 1.54 bits per heavy atom. The smallest absolute Gasteiger partial charge is 0.391 e. The van der Waals surface area contributed by atoms with Gasteiger partial charge >= 0.3 is 12.1 Å². The molecule has 6 heteroatoms. The van der Waals surface area contributed by atoms with Crippen LogP contribution in [-0.4, -0.2) is 23.5 Å². The van der Waals surface area contributed by atoms with Gasteiger partial charge in [0, 0.05) is 11.5 Å². The molecule has 0 radical (unpaired) electrons. The summed E-state index contributed by atoms with van der Waals surface area (Å²) in [6, 6.07) is 8.11. The Morgan fingerprint density at radius 3 is 2.04 bits per heavy atom. The molecule has 132 valence electrons. The van der Waals surface area contributed by atoms with E-state index in [2.05, 4.69) is 0 Å². The molecule has 0 spiro atoms. The summed E-state index contributed by atoms with van der Waals surface area (Å²) in [6.07, 6.45) is -5.20. The van der Waals surface area contributed by atoms with Crippen LogP contribution >= 0.6 is 0 Å². The summed E-state index contributed by atoms with van der Waals surface area (Å²) < 4.78 is 44.6. The third-order valence-electron chi connectivity index (χ3n) is 4.13. The maximum Gasteiger partial charge on any atom is 0.391 e. The van der Waals surface area contributed by atoms with Crippen LogP contribution in [0.3, 0.4) is 0 Å². The van der Waals surface area contributed by atoms with E-state index in [9.17, 15) is 22.8 Å². The number of esters is 1. The van der Waals surface area contributed by atoms with E-state index in [-0.39, 0.29) is 6.42 Å². The number of hydrogen-bond acceptors (Lipinski definition) is 3. The number of benzene rings is 1. The predicted molar refractivity (Wildman–Crippen MR) is 82.4 cm³/mol. The fraction of sp³-hybridized carbons (Fsp3) is 0.556. The van der Waals surface area contributed by atoms with Crippen molar-refractivity contribution in [1.82, 2.24) is 0 Å². The molecule has 0 aromatic heterocycles. The molecule has 3 nitrogen and oxygen atoms in total. The highest BCUT2D eigenvalue weighted by Gasteiger charge is 2.53. The van der Waals surface area contributed by atoms with Crippen LogP contribution in [0.5, 0.6) is 0 Å². The molecule has 1 aromatic rings. The lowest BCUT2D eigenvalue weighted by Gasteiger charge is -2.24. The van der Waals surface area contributed by atoms with Crippen molar-refractivity contribution >= 4 is 11.8 Å². The first-order valence-corrected chi connectivity index (χ1v) is 7.88. The Hall–Kier alpha value is -1.85. The van der Waals surface area contributed by atoms with Crippen LogP contribution in [0.1, 0.15) is 44.0 Å². The van der Waals surface area contributed by atoms with Gasteiger partial charge in [-0.25, -0.2) is 0 Å². The number of carbonyl (C=O) groups is 2. The molecular weight excluding hydrogens is 321 g/mol. The highest BCUT2D eigenvalue weighted by Crippen LogP contribution is 2.46. The molecule has 2 rings (SSSR count). The van der Waals surface area contributed by atoms with Gasteiger partial charge in [-0.1, -0.05) is 30.3 Å². The molecule has 1 unspecified atom stereocenters. The van der Waals surface area contributed by atoms with Crippen molar-refractivity contribution < 1.29 is 27.5 Å². The van der Waals surface area contributed by atoms with Crippen LogP contribution < -0.4 is 0 Å². The minimum atomic E-state index is -4.42. The number of carbonyl (C=O) groups excluding carboxylic acids is 2. The van der Waals surface area contributed by atoms with Crippen molar-refractivity contribution in [3.8, 4) is 0 Å². The third-order valence-corrected chi connectivity index (χ3v) is 4.13. The average molecular weight is 342 g/mol. The van der Waals surface area contributed by atoms with Crippen molar-refractivity contribution in [2.24, 2.45) is 17.8 Å². The maximum atomic E-state index is 13.1. The Labute approximate surface area is 139 Å². The number of alkyl halides is 3. The highest BCUT2D eigenvalue weighted by atomic mass is 19.4. The van der Waals surface area contributed by atoms with Crippen LogP contribution in [-0.2, 0) is 9.53 Å². The average Bonchev–Trinajstić information content (AvgIpc) is 2.91. The predicted octanol–water partition coefficient (Wildman–Crippen LogP) is 4.42. The van der Waals surface area contributed by atoms with Gasteiger partial charge in [-0.05, 0) is 33.6 Å². The standard InChI is InChI=1S/C18H21F3O3/c1-17(2,3)24-16(23)14-10-12(18(19,20)21)9-13(14)15(22)11-7-5-4-6-8-11/h4-8,12-14H,9-10H2,1-3H3/t12-,13-,14?/m1/s1. The molecule has 0 heterocycles. The fourth-order valence-corrected chi connectivity index (χ4v) is 3.05. The van der Waals surface area contributed by atoms with Gasteiger partial charge in [-0.15, -0.1) is 0 Å². The Kier molecular flexibility index (Phi) is 5.06. The minimum absolute atomic E-state index is 0.318. The van der Waals surface area contributed by atoms with E-state index in [1.807, 2.05) is 0 Å². The van der Waals surface area contributed by atoms with Gasteiger partial charge in [-0.2, -0.15) is 13.2 Å². The monoisotopic (exact) mass is 342 g/mol. The van der Waals surface area contributed by atoms with E-state index >= 15 is 0 Å². The van der Waals surface area contributed by atoms with Crippen LogP contribution in [0.25, 0.3) is 0 Å². The van der Waals surface area contributed by atoms with E-state index in [1.54, 1.807) is 51.1 Å². The second kappa shape index (κ2) is 6.57. The zero-order chi connectivity index (χ0) is 18.1. The van der Waals surface area contributed by atoms with Crippen molar-refractivity contribution in [3.05, 3.63) is 35.9 Å². The van der Waals surface area contributed by atoms with Crippen molar-refractivity contribution in [3.63, 3.8) is 0 Å². The lowest BCUT2D eigenvalue weighted by atomic mass is 9.88. The molecule has 1 saturated carbocycles. The SMILES string of the molecule is CC(C)(C)OC(=O)C1C[C@H](C(F)(F)F)C[C@H]1C(=O)c1ccccc1. The molecule has 0 amide bonds. The Balaban J connectivity index is 2.27. The number of hydrogen-bond donors (Lipinski definition) is 0. The summed E-state index contributed by atoms with van der Waals surface area (Å²) in [4.78, 5) is 25.0. The van der Waals surface area contributed by atoms with Crippen molar-refractivity contribution in [2.75, 3.05) is 0 Å². The highest BCUT2D eigenvalue weighted by molar-refractivity contribution is 6.00. The summed E-state index contributed by atoms with van der Waals surface area (Å²) in [7, 11) is 0. The topological polar surface area (TPSA) is 43.4 Å². The normalized spacial score (nSPS) is 24.7. The quantitative estimate of drug-likeness (QED) is 0.603. The molecule has 0 saturated heterocycles. The summed E-state index contributed by atoms with van der Waals surface area (Å²) in [6.45, 7) is 4.94. The van der Waals surface area contributed by atoms with E-state index in [4.69, 9.17) is 4.74 Å². The largest absolute Gasteiger partial charge is 0.460 e. The van der Waals surface area contributed by atoms with Gasteiger partial charge in [0.1, 0.15) is 5.60 Å². The van der Waals surface area contributed by atoms with E-state index in [0.29, 0.717) is 5.56 Å². The first-order chi connectivity index (χ1) is 11.0. The number of Topliss-reactive ketones (excluding diaryl/α,β-unsaturated/α-hetero) is 1. The van der Waals surface area contributed by atoms with Crippen LogP contribution in [0.15, 0.2) is 30.3 Å². The lowest BCUT2D eigenvalue weighted by molar-refractivity contribution is -0.175. The maximum absolute atomic E-state index is 13.1. The van der Waals surface area contributed by atoms with Crippen LogP contribution in [0.2, 0.25) is 0 Å². The first-order valence-electron chi connectivity index (χ1n) is 7.88. The van der Waals surface area contributed by atoms with Gasteiger partial charge < -0.3 is 4.74 Å². The summed E-state index contributed by atoms with van der Waals surface area (Å²) in [5.41, 5.74) is -0.493. The fourth-order valence-electron chi connectivity index (χ4n) is 3.05. The summed E-state index contributed by atoms with van der Waals surface area (Å²) >= 11 is 0. The van der Waals surface area contributed by atoms with Crippen molar-refractivity contribution in [2.45, 2.75) is 45.4 Å². The molecule has 24 heavy (non-hydrogen) atoms. The summed E-state index contributed by atoms with van der Waals surface area (Å²) in [5.74, 6) is -4.90. The molecular formula is C18H21F3O3. The molecule has 1 aromatic carbocycles. The van der Waals surface area contributed by atoms with E-state index in [1.165, 1.54) is 0 Å². The second-order valence-corrected chi connectivity index (χ2v) is 7.19. The lowest BCUT2D eigenvalue weighted by Crippen LogP contribution is -2.33. The second-order valence-electron chi connectivity index (χ2n) is 7.19. The molecule has 0 aliphatic heterocycles. The van der Waals surface area contributed by atoms with E-state index in [0.717, 1.165) is 0 Å². The molecule has 0 N–H and O–H groups in total. The molecule has 0 bridgehead atoms. The van der Waals surface area contributed by atoms with Gasteiger partial charge in [0.05, 0.1) is 11.8 Å². The van der Waals surface area contributed by atoms with Gasteiger partial charge in [0.2, 0.25) is 0 Å². The number of ether oxygens (including phenoxy) is 1. The number of rotatable bonds is 3. The Bertz CT molecular complexity index is 602. The molecule has 1 aliphatic carbocycles. The third kappa shape index (κ3) is 4.36. The number of halogens is 3. The van der Waals surface area contributed by atoms with Crippen LogP contribution in [0, 0.1) is 17.8 Å². The zero-order valence-corrected chi connectivity index (χ0v) is 13.9. The molecule has 1 aliphatic rings. The minimum Gasteiger partial charge on any atom is -0.460 e. The summed E-state index contributed by atoms with van der Waals surface area (Å²) in [5, 5.41) is 0. The number of ketones is 1. The molecule has 3 atom stereocenters. The molecule has 1 fully saturated rings. The van der Waals surface area contributed by atoms with Crippen molar-refractivity contribution in [1.29, 1.82) is 0 Å². The zero-order valence-electron chi connectivity index (χ0n) is 13.9. The van der Waals surface area contributed by atoms with E-state index < -0.39 is 47.7 Å². The van der Waals surface area contributed by atoms with Gasteiger partial charge in [-0.3, -0.25) is 9.59 Å². The first kappa shape index (κ1) is 18.5.